The van der Waals surface area contributed by atoms with Crippen LogP contribution >= 0.6 is 0 Å². The molecule has 0 spiro atoms. The lowest BCUT2D eigenvalue weighted by molar-refractivity contribution is 0.102. The number of carbonyl (C=O) groups excluding carboxylic acids is 1. The highest BCUT2D eigenvalue weighted by Crippen LogP contribution is 2.28. The number of nitrogens with one attached hydrogen (secondary N) is 1. The average molecular weight is 433 g/mol. The van der Waals surface area contributed by atoms with Gasteiger partial charge in [0.25, 0.3) is 5.91 Å². The minimum atomic E-state index is -3.80. The first kappa shape index (κ1) is 22.4. The Labute approximate surface area is 178 Å². The van der Waals surface area contributed by atoms with Crippen LogP contribution in [0.5, 0.6) is 0 Å². The summed E-state index contributed by atoms with van der Waals surface area (Å²) in [6.07, 6.45) is 0.971. The molecule has 30 heavy (non-hydrogen) atoms. The number of halogens is 1. The van der Waals surface area contributed by atoms with Crippen molar-refractivity contribution in [3.8, 4) is 0 Å². The summed E-state index contributed by atoms with van der Waals surface area (Å²) < 4.78 is 42.0. The van der Waals surface area contributed by atoms with Crippen molar-refractivity contribution in [2.75, 3.05) is 18.4 Å². The second-order valence-electron chi connectivity index (χ2n) is 8.64. The number of rotatable bonds is 5. The van der Waals surface area contributed by atoms with E-state index in [1.165, 1.54) is 10.4 Å². The number of hydrogen-bond acceptors (Lipinski definition) is 3. The molecule has 0 unspecified atom stereocenters. The highest BCUT2D eigenvalue weighted by molar-refractivity contribution is 7.89. The van der Waals surface area contributed by atoms with Crippen molar-refractivity contribution in [1.82, 2.24) is 4.31 Å². The van der Waals surface area contributed by atoms with Gasteiger partial charge >= 0.3 is 0 Å². The van der Waals surface area contributed by atoms with Gasteiger partial charge in [0.2, 0.25) is 10.0 Å². The number of carbonyl (C=O) groups is 1. The molecule has 2 aromatic rings. The van der Waals surface area contributed by atoms with Crippen LogP contribution in [-0.2, 0) is 10.0 Å². The van der Waals surface area contributed by atoms with Gasteiger partial charge in [-0.3, -0.25) is 4.79 Å². The molecule has 1 amide bonds. The van der Waals surface area contributed by atoms with Gasteiger partial charge in [0.1, 0.15) is 5.82 Å². The standard InChI is InChI=1S/C23H29FN2O3S/c1-15(2)18-5-7-19(8-6-18)25-23(27)21-12-20(9-10-22(21)24)30(28,29)26-13-16(3)11-17(4)14-26/h5-10,12,15-17H,11,13-14H2,1-4H3,(H,25,27)/t16-,17-/m0/s1. The highest BCUT2D eigenvalue weighted by atomic mass is 32.2. The first-order chi connectivity index (χ1) is 14.1. The molecule has 5 nitrogen and oxygen atoms in total. The molecule has 1 aliphatic heterocycles. The van der Waals surface area contributed by atoms with E-state index in [4.69, 9.17) is 0 Å². The maximum atomic E-state index is 14.4. The van der Waals surface area contributed by atoms with E-state index in [2.05, 4.69) is 19.2 Å². The number of sulfonamides is 1. The van der Waals surface area contributed by atoms with Crippen LogP contribution in [0.2, 0.25) is 0 Å². The van der Waals surface area contributed by atoms with Crippen LogP contribution in [0.25, 0.3) is 0 Å². The largest absolute Gasteiger partial charge is 0.322 e. The third kappa shape index (κ3) is 4.90. The molecule has 1 aliphatic rings. The fourth-order valence-corrected chi connectivity index (χ4v) is 5.65. The third-order valence-corrected chi connectivity index (χ3v) is 7.32. The Morgan fingerprint density at radius 2 is 1.67 bits per heavy atom. The minimum Gasteiger partial charge on any atom is -0.322 e. The molecule has 7 heteroatoms. The van der Waals surface area contributed by atoms with Gasteiger partial charge in [0.15, 0.2) is 0 Å². The molecule has 1 heterocycles. The Morgan fingerprint density at radius 1 is 1.07 bits per heavy atom. The van der Waals surface area contributed by atoms with Gasteiger partial charge in [-0.15, -0.1) is 0 Å². The van der Waals surface area contributed by atoms with Crippen molar-refractivity contribution in [3.05, 3.63) is 59.4 Å². The number of hydrogen-bond donors (Lipinski definition) is 1. The number of amides is 1. The monoisotopic (exact) mass is 432 g/mol. The summed E-state index contributed by atoms with van der Waals surface area (Å²) in [6.45, 7) is 9.03. The molecule has 1 fully saturated rings. The lowest BCUT2D eigenvalue weighted by Crippen LogP contribution is -2.42. The molecule has 0 saturated carbocycles. The molecule has 0 aliphatic carbocycles. The van der Waals surface area contributed by atoms with E-state index in [-0.39, 0.29) is 22.3 Å². The van der Waals surface area contributed by atoms with Crippen molar-refractivity contribution < 1.29 is 17.6 Å². The van der Waals surface area contributed by atoms with E-state index in [0.717, 1.165) is 24.1 Å². The molecule has 3 rings (SSSR count). The minimum absolute atomic E-state index is 0.0643. The van der Waals surface area contributed by atoms with E-state index in [9.17, 15) is 17.6 Å². The lowest BCUT2D eigenvalue weighted by atomic mass is 9.94. The second-order valence-corrected chi connectivity index (χ2v) is 10.6. The zero-order chi connectivity index (χ0) is 22.1. The summed E-state index contributed by atoms with van der Waals surface area (Å²) in [5.41, 5.74) is 1.36. The van der Waals surface area contributed by atoms with Crippen LogP contribution in [0.3, 0.4) is 0 Å². The van der Waals surface area contributed by atoms with Gasteiger partial charge in [-0.2, -0.15) is 4.31 Å². The van der Waals surface area contributed by atoms with Gasteiger partial charge in [-0.05, 0) is 60.1 Å². The number of anilines is 1. The third-order valence-electron chi connectivity index (χ3n) is 5.49. The van der Waals surface area contributed by atoms with Crippen LogP contribution in [-0.4, -0.2) is 31.7 Å². The Morgan fingerprint density at radius 3 is 2.23 bits per heavy atom. The molecular weight excluding hydrogens is 403 g/mol. The summed E-state index contributed by atoms with van der Waals surface area (Å²) >= 11 is 0. The van der Waals surface area contributed by atoms with E-state index < -0.39 is 21.7 Å². The second kappa shape index (κ2) is 8.86. The summed E-state index contributed by atoms with van der Waals surface area (Å²) in [6, 6.07) is 10.7. The molecule has 162 valence electrons. The number of piperidine rings is 1. The molecule has 0 aromatic heterocycles. The van der Waals surface area contributed by atoms with Gasteiger partial charge < -0.3 is 5.32 Å². The van der Waals surface area contributed by atoms with Crippen LogP contribution in [0.15, 0.2) is 47.4 Å². The maximum absolute atomic E-state index is 14.4. The summed E-state index contributed by atoms with van der Waals surface area (Å²) in [4.78, 5) is 12.6. The van der Waals surface area contributed by atoms with Crippen molar-refractivity contribution in [2.24, 2.45) is 11.8 Å². The normalized spacial score (nSPS) is 20.3. The van der Waals surface area contributed by atoms with Crippen LogP contribution in [0.4, 0.5) is 10.1 Å². The van der Waals surface area contributed by atoms with Crippen LogP contribution in [0.1, 0.15) is 56.0 Å². The van der Waals surface area contributed by atoms with E-state index in [1.807, 2.05) is 26.0 Å². The molecule has 0 bridgehead atoms. The Balaban J connectivity index is 1.84. The zero-order valence-corrected chi connectivity index (χ0v) is 18.7. The SMILES string of the molecule is CC(C)c1ccc(NC(=O)c2cc(S(=O)(=O)N3C[C@@H](C)C[C@H](C)C3)ccc2F)cc1. The van der Waals surface area contributed by atoms with E-state index in [0.29, 0.717) is 24.7 Å². The average Bonchev–Trinajstić information content (AvgIpc) is 2.67. The molecule has 0 radical (unpaired) electrons. The highest BCUT2D eigenvalue weighted by Gasteiger charge is 2.32. The number of benzene rings is 2. The number of nitrogens with zero attached hydrogens (tertiary/aromatic N) is 1. The molecule has 2 aromatic carbocycles. The Kier molecular flexibility index (Phi) is 6.62. The van der Waals surface area contributed by atoms with Crippen LogP contribution < -0.4 is 5.32 Å². The van der Waals surface area contributed by atoms with Crippen molar-refractivity contribution in [3.63, 3.8) is 0 Å². The fourth-order valence-electron chi connectivity index (χ4n) is 3.94. The summed E-state index contributed by atoms with van der Waals surface area (Å²) in [7, 11) is -3.80. The maximum Gasteiger partial charge on any atom is 0.258 e. The predicted molar refractivity (Wildman–Crippen MR) is 117 cm³/mol. The molecule has 2 atom stereocenters. The fraction of sp³-hybridized carbons (Fsp3) is 0.435. The Hall–Kier alpha value is -2.25. The Bertz CT molecular complexity index is 1010. The zero-order valence-electron chi connectivity index (χ0n) is 17.9. The van der Waals surface area contributed by atoms with E-state index in [1.54, 1.807) is 12.1 Å². The van der Waals surface area contributed by atoms with Gasteiger partial charge in [0.05, 0.1) is 10.5 Å². The summed E-state index contributed by atoms with van der Waals surface area (Å²) in [5, 5.41) is 2.65. The smallest absolute Gasteiger partial charge is 0.258 e. The van der Waals surface area contributed by atoms with Crippen molar-refractivity contribution >= 4 is 21.6 Å². The first-order valence-electron chi connectivity index (χ1n) is 10.3. The lowest BCUT2D eigenvalue weighted by Gasteiger charge is -2.34. The van der Waals surface area contributed by atoms with Gasteiger partial charge in [0, 0.05) is 18.8 Å². The molecule has 1 N–H and O–H groups in total. The summed E-state index contributed by atoms with van der Waals surface area (Å²) in [5.74, 6) is -0.580. The topological polar surface area (TPSA) is 66.5 Å². The van der Waals surface area contributed by atoms with Gasteiger partial charge in [-0.25, -0.2) is 12.8 Å². The van der Waals surface area contributed by atoms with Crippen LogP contribution in [0, 0.1) is 17.7 Å². The van der Waals surface area contributed by atoms with Gasteiger partial charge in [-0.1, -0.05) is 39.8 Å². The molecule has 1 saturated heterocycles. The van der Waals surface area contributed by atoms with E-state index >= 15 is 0 Å². The predicted octanol–water partition coefficient (Wildman–Crippen LogP) is 4.87. The quantitative estimate of drug-likeness (QED) is 0.733. The van der Waals surface area contributed by atoms with Crippen molar-refractivity contribution in [1.29, 1.82) is 0 Å². The molecular formula is C23H29FN2O3S. The van der Waals surface area contributed by atoms with Crippen molar-refractivity contribution in [2.45, 2.75) is 44.9 Å². The first-order valence-corrected chi connectivity index (χ1v) is 11.7.